The number of benzene rings is 2. The second kappa shape index (κ2) is 8.25. The molecule has 0 unspecified atom stereocenters. The highest BCUT2D eigenvalue weighted by Crippen LogP contribution is 2.20. The fourth-order valence-corrected chi connectivity index (χ4v) is 2.83. The molecule has 1 amide bonds. The van der Waals surface area contributed by atoms with Crippen molar-refractivity contribution in [3.63, 3.8) is 0 Å². The van der Waals surface area contributed by atoms with E-state index in [1.54, 1.807) is 18.3 Å². The van der Waals surface area contributed by atoms with E-state index in [9.17, 15) is 9.59 Å². The third kappa shape index (κ3) is 4.25. The van der Waals surface area contributed by atoms with Crippen LogP contribution in [0.5, 0.6) is 0 Å². The highest BCUT2D eigenvalue weighted by molar-refractivity contribution is 5.97. The molecule has 0 saturated carbocycles. The van der Waals surface area contributed by atoms with E-state index in [2.05, 4.69) is 10.3 Å². The van der Waals surface area contributed by atoms with Crippen molar-refractivity contribution in [2.24, 2.45) is 7.05 Å². The number of Topliss-reactive ketones (excluding diaryl/α,β-unsaturated/α-hetero) is 1. The molecule has 1 atom stereocenters. The molecule has 0 saturated heterocycles. The lowest BCUT2D eigenvalue weighted by atomic mass is 10.0. The zero-order chi connectivity index (χ0) is 18.4. The number of ketones is 1. The van der Waals surface area contributed by atoms with Gasteiger partial charge in [-0.1, -0.05) is 60.7 Å². The van der Waals surface area contributed by atoms with Gasteiger partial charge in [-0.15, -0.1) is 0 Å². The van der Waals surface area contributed by atoms with Gasteiger partial charge >= 0.3 is 0 Å². The minimum Gasteiger partial charge on any atom is -0.342 e. The Morgan fingerprint density at radius 2 is 1.65 bits per heavy atom. The van der Waals surface area contributed by atoms with Crippen LogP contribution in [0.2, 0.25) is 0 Å². The van der Waals surface area contributed by atoms with Crippen LogP contribution in [-0.4, -0.2) is 21.2 Å². The van der Waals surface area contributed by atoms with E-state index in [1.807, 2.05) is 66.3 Å². The van der Waals surface area contributed by atoms with Gasteiger partial charge in [-0.05, 0) is 5.56 Å². The lowest BCUT2D eigenvalue weighted by Gasteiger charge is -2.19. The van der Waals surface area contributed by atoms with Crippen LogP contribution in [0, 0.1) is 0 Å². The van der Waals surface area contributed by atoms with Gasteiger partial charge in [0, 0.05) is 37.8 Å². The van der Waals surface area contributed by atoms with Crippen LogP contribution in [0.4, 0.5) is 0 Å². The van der Waals surface area contributed by atoms with Gasteiger partial charge in [-0.2, -0.15) is 0 Å². The van der Waals surface area contributed by atoms with E-state index in [1.165, 1.54) is 0 Å². The normalized spacial score (nSPS) is 11.7. The number of carbonyl (C=O) groups is 2. The summed E-state index contributed by atoms with van der Waals surface area (Å²) in [6.07, 6.45) is 3.87. The van der Waals surface area contributed by atoms with Gasteiger partial charge in [0.1, 0.15) is 11.9 Å². The first-order valence-corrected chi connectivity index (χ1v) is 8.55. The first-order valence-electron chi connectivity index (χ1n) is 8.55. The molecule has 3 aromatic rings. The van der Waals surface area contributed by atoms with Crippen LogP contribution >= 0.6 is 0 Å². The summed E-state index contributed by atoms with van der Waals surface area (Å²) in [7, 11) is 1.89. The van der Waals surface area contributed by atoms with Crippen molar-refractivity contribution < 1.29 is 9.59 Å². The first kappa shape index (κ1) is 17.6. The maximum Gasteiger partial charge on any atom is 0.221 e. The molecule has 2 aromatic carbocycles. The fraction of sp³-hybridized carbons (Fsp3) is 0.190. The third-order valence-corrected chi connectivity index (χ3v) is 4.23. The van der Waals surface area contributed by atoms with Crippen molar-refractivity contribution in [3.8, 4) is 0 Å². The Labute approximate surface area is 152 Å². The zero-order valence-electron chi connectivity index (χ0n) is 14.6. The van der Waals surface area contributed by atoms with E-state index in [-0.39, 0.29) is 30.6 Å². The Bertz CT molecular complexity index is 873. The Morgan fingerprint density at radius 3 is 2.27 bits per heavy atom. The number of rotatable bonds is 7. The summed E-state index contributed by atoms with van der Waals surface area (Å²) in [6, 6.07) is 18.4. The van der Waals surface area contributed by atoms with Crippen molar-refractivity contribution in [2.75, 3.05) is 0 Å². The number of amides is 1. The molecule has 0 spiro atoms. The lowest BCUT2D eigenvalue weighted by molar-refractivity contribution is -0.121. The molecule has 26 heavy (non-hydrogen) atoms. The Morgan fingerprint density at radius 1 is 1.00 bits per heavy atom. The van der Waals surface area contributed by atoms with Crippen LogP contribution in [0.1, 0.15) is 40.6 Å². The molecule has 0 aliphatic rings. The highest BCUT2D eigenvalue weighted by atomic mass is 16.2. The summed E-state index contributed by atoms with van der Waals surface area (Å²) in [5.41, 5.74) is 1.58. The smallest absolute Gasteiger partial charge is 0.221 e. The summed E-state index contributed by atoms with van der Waals surface area (Å²) in [5, 5.41) is 3.01. The summed E-state index contributed by atoms with van der Waals surface area (Å²) in [4.78, 5) is 29.0. The summed E-state index contributed by atoms with van der Waals surface area (Å²) in [5.74, 6) is 0.541. The van der Waals surface area contributed by atoms with Crippen LogP contribution < -0.4 is 5.32 Å². The third-order valence-electron chi connectivity index (χ3n) is 4.23. The molecular formula is C21H21N3O2. The van der Waals surface area contributed by atoms with Gasteiger partial charge in [-0.3, -0.25) is 9.59 Å². The molecule has 0 fully saturated rings. The topological polar surface area (TPSA) is 64.0 Å². The molecule has 1 aromatic heterocycles. The standard InChI is InChI=1S/C21H21N3O2/c1-24-15-14-22-21(24)20(17-10-6-3-7-11-17)23-19(26)13-12-18(25)16-8-4-2-5-9-16/h2-11,14-15,20H,12-13H2,1H3,(H,23,26)/t20-/m0/s1. The quantitative estimate of drug-likeness (QED) is 0.667. The maximum absolute atomic E-state index is 12.5. The average molecular weight is 347 g/mol. The number of aryl methyl sites for hydroxylation is 1. The summed E-state index contributed by atoms with van der Waals surface area (Å²) >= 11 is 0. The highest BCUT2D eigenvalue weighted by Gasteiger charge is 2.21. The summed E-state index contributed by atoms with van der Waals surface area (Å²) < 4.78 is 1.88. The number of nitrogens with zero attached hydrogens (tertiary/aromatic N) is 2. The average Bonchev–Trinajstić information content (AvgIpc) is 3.11. The number of aromatic nitrogens is 2. The Kier molecular flexibility index (Phi) is 5.59. The van der Waals surface area contributed by atoms with Crippen LogP contribution in [0.3, 0.4) is 0 Å². The van der Waals surface area contributed by atoms with Crippen LogP contribution in [0.15, 0.2) is 73.1 Å². The van der Waals surface area contributed by atoms with E-state index >= 15 is 0 Å². The van der Waals surface area contributed by atoms with Gasteiger partial charge < -0.3 is 9.88 Å². The van der Waals surface area contributed by atoms with Crippen LogP contribution in [0.25, 0.3) is 0 Å². The van der Waals surface area contributed by atoms with Crippen molar-refractivity contribution in [1.82, 2.24) is 14.9 Å². The van der Waals surface area contributed by atoms with E-state index in [0.717, 1.165) is 11.4 Å². The fourth-order valence-electron chi connectivity index (χ4n) is 2.83. The molecule has 1 heterocycles. The molecule has 1 N–H and O–H groups in total. The van der Waals surface area contributed by atoms with Crippen molar-refractivity contribution in [2.45, 2.75) is 18.9 Å². The monoisotopic (exact) mass is 347 g/mol. The molecule has 132 valence electrons. The maximum atomic E-state index is 12.5. The lowest BCUT2D eigenvalue weighted by Crippen LogP contribution is -2.31. The zero-order valence-corrected chi connectivity index (χ0v) is 14.6. The first-order chi connectivity index (χ1) is 12.6. The van der Waals surface area contributed by atoms with Gasteiger partial charge in [0.25, 0.3) is 0 Å². The molecule has 0 bridgehead atoms. The molecule has 5 heteroatoms. The minimum atomic E-state index is -0.351. The molecule has 0 aliphatic heterocycles. The predicted molar refractivity (Wildman–Crippen MR) is 99.6 cm³/mol. The van der Waals surface area contributed by atoms with Crippen LogP contribution in [-0.2, 0) is 11.8 Å². The Hall–Kier alpha value is -3.21. The Balaban J connectivity index is 1.68. The van der Waals surface area contributed by atoms with Crippen molar-refractivity contribution >= 4 is 11.7 Å². The number of hydrogen-bond acceptors (Lipinski definition) is 3. The number of imidazole rings is 1. The molecule has 0 aliphatic carbocycles. The van der Waals surface area contributed by atoms with E-state index in [0.29, 0.717) is 5.56 Å². The van der Waals surface area contributed by atoms with Gasteiger partial charge in [-0.25, -0.2) is 4.98 Å². The number of nitrogens with one attached hydrogen (secondary N) is 1. The van der Waals surface area contributed by atoms with Gasteiger partial charge in [0.2, 0.25) is 5.91 Å². The minimum absolute atomic E-state index is 0.0333. The predicted octanol–water partition coefficient (Wildman–Crippen LogP) is 3.29. The molecule has 0 radical (unpaired) electrons. The van der Waals surface area contributed by atoms with Crippen molar-refractivity contribution in [1.29, 1.82) is 0 Å². The summed E-state index contributed by atoms with van der Waals surface area (Å²) in [6.45, 7) is 0. The van der Waals surface area contributed by atoms with Gasteiger partial charge in [0.05, 0.1) is 0 Å². The second-order valence-corrected chi connectivity index (χ2v) is 6.10. The molecule has 3 rings (SSSR count). The van der Waals surface area contributed by atoms with Gasteiger partial charge in [0.15, 0.2) is 5.78 Å². The SMILES string of the molecule is Cn1ccnc1[C@@H](NC(=O)CCC(=O)c1ccccc1)c1ccccc1. The largest absolute Gasteiger partial charge is 0.342 e. The van der Waals surface area contributed by atoms with E-state index in [4.69, 9.17) is 0 Å². The molecule has 5 nitrogen and oxygen atoms in total. The second-order valence-electron chi connectivity index (χ2n) is 6.10. The number of carbonyl (C=O) groups excluding carboxylic acids is 2. The molecular weight excluding hydrogens is 326 g/mol. The number of hydrogen-bond donors (Lipinski definition) is 1. The van der Waals surface area contributed by atoms with Crippen molar-refractivity contribution in [3.05, 3.63) is 90.0 Å². The van der Waals surface area contributed by atoms with E-state index < -0.39 is 0 Å².